The zero-order valence-electron chi connectivity index (χ0n) is 33.0. The second-order valence-electron chi connectivity index (χ2n) is 13.1. The van der Waals surface area contributed by atoms with E-state index >= 15 is 0 Å². The first kappa shape index (κ1) is 50.9. The molecule has 0 aliphatic heterocycles. The Morgan fingerprint density at radius 3 is 1.39 bits per heavy atom. The maximum atomic E-state index is 12.6. The third kappa shape index (κ3) is 35.9. The van der Waals surface area contributed by atoms with Gasteiger partial charge in [0.1, 0.15) is 12.6 Å². The molecule has 0 aliphatic carbocycles. The van der Waals surface area contributed by atoms with Gasteiger partial charge in [-0.2, -0.15) is 0 Å². The molecule has 0 rings (SSSR count). The van der Waals surface area contributed by atoms with Gasteiger partial charge in [0.2, 0.25) is 0 Å². The van der Waals surface area contributed by atoms with Gasteiger partial charge in [-0.3, -0.25) is 23.4 Å². The molecule has 0 aromatic rings. The van der Waals surface area contributed by atoms with E-state index in [4.69, 9.17) is 24.8 Å². The summed E-state index contributed by atoms with van der Waals surface area (Å²) < 4.78 is 32.5. The normalized spacial score (nSPS) is 14.6. The topological polar surface area (TPSA) is 172 Å². The van der Waals surface area contributed by atoms with Gasteiger partial charge in [-0.1, -0.05) is 112 Å². The van der Waals surface area contributed by atoms with Gasteiger partial charge in [0.05, 0.1) is 13.2 Å². The van der Waals surface area contributed by atoms with E-state index in [1.54, 1.807) is 0 Å². The van der Waals surface area contributed by atoms with Crippen LogP contribution in [0, 0.1) is 0 Å². The number of carbonyl (C=O) groups excluding carboxylic acids is 2. The van der Waals surface area contributed by atoms with Crippen molar-refractivity contribution in [1.29, 1.82) is 0 Å². The van der Waals surface area contributed by atoms with E-state index in [-0.39, 0.29) is 19.4 Å². The average Bonchev–Trinajstić information content (AvgIpc) is 3.14. The van der Waals surface area contributed by atoms with Crippen molar-refractivity contribution >= 4 is 25.7 Å². The van der Waals surface area contributed by atoms with Crippen molar-refractivity contribution in [2.24, 2.45) is 5.73 Å². The summed E-state index contributed by atoms with van der Waals surface area (Å²) in [7, 11) is -4.74. The van der Waals surface area contributed by atoms with Crippen LogP contribution in [0.25, 0.3) is 0 Å². The number of carboxylic acids is 1. The Morgan fingerprint density at radius 1 is 0.574 bits per heavy atom. The highest BCUT2D eigenvalue weighted by atomic mass is 31.2. The number of carboxylic acid groups (broad SMARTS) is 1. The fraction of sp³-hybridized carbons (Fsp3) is 0.643. The molecule has 0 bridgehead atoms. The van der Waals surface area contributed by atoms with E-state index in [1.807, 2.05) is 0 Å². The first-order chi connectivity index (χ1) is 26.1. The van der Waals surface area contributed by atoms with Gasteiger partial charge in [0.15, 0.2) is 6.10 Å². The standard InChI is InChI=1S/C42H70NO10P/c1-3-5-7-9-11-13-15-17-19-21-23-25-27-29-31-33-40(44)50-35-38(36-51-54(48,49)52-37-39(43)42(46)47)53-41(45)34-32-30-28-26-24-22-20-18-16-14-12-10-8-6-4-2/h11-14,17-20,23-26,38-39H,3-10,15-16,21-22,27-37,43H2,1-2H3,(H,46,47)(H,48,49)/b13-11-,14-12-,19-17-,20-18-,25-23-,26-24-/t38-,39+/m1/s1. The second kappa shape index (κ2) is 36.9. The van der Waals surface area contributed by atoms with Crippen molar-refractivity contribution in [1.82, 2.24) is 0 Å². The number of esters is 2. The van der Waals surface area contributed by atoms with Crippen LogP contribution < -0.4 is 5.73 Å². The van der Waals surface area contributed by atoms with Crippen molar-refractivity contribution in [3.8, 4) is 0 Å². The maximum absolute atomic E-state index is 12.6. The third-order valence-electron chi connectivity index (χ3n) is 7.93. The van der Waals surface area contributed by atoms with Gasteiger partial charge in [0, 0.05) is 12.8 Å². The molecule has 0 aromatic carbocycles. The highest BCUT2D eigenvalue weighted by molar-refractivity contribution is 7.47. The number of phosphoric ester groups is 1. The molecule has 12 heteroatoms. The first-order valence-corrected chi connectivity index (χ1v) is 21.5. The van der Waals surface area contributed by atoms with Gasteiger partial charge in [-0.25, -0.2) is 4.57 Å². The highest BCUT2D eigenvalue weighted by Crippen LogP contribution is 2.43. The summed E-state index contributed by atoms with van der Waals surface area (Å²) in [6.45, 7) is 2.63. The molecular weight excluding hydrogens is 709 g/mol. The van der Waals surface area contributed by atoms with Gasteiger partial charge in [-0.05, 0) is 89.9 Å². The second-order valence-corrected chi connectivity index (χ2v) is 14.5. The van der Waals surface area contributed by atoms with E-state index in [0.29, 0.717) is 12.8 Å². The number of allylic oxidation sites excluding steroid dienone is 12. The van der Waals surface area contributed by atoms with Gasteiger partial charge >= 0.3 is 25.7 Å². The molecular formula is C42H70NO10P. The van der Waals surface area contributed by atoms with Crippen molar-refractivity contribution in [2.45, 2.75) is 154 Å². The van der Waals surface area contributed by atoms with Crippen LogP contribution in [-0.4, -0.2) is 59.9 Å². The average molecular weight is 780 g/mol. The number of nitrogens with two attached hydrogens (primary N) is 1. The lowest BCUT2D eigenvalue weighted by Crippen LogP contribution is -2.34. The Morgan fingerprint density at radius 2 is 0.963 bits per heavy atom. The van der Waals surface area contributed by atoms with Crippen molar-refractivity contribution in [3.63, 3.8) is 0 Å². The minimum Gasteiger partial charge on any atom is -0.480 e. The van der Waals surface area contributed by atoms with Crippen molar-refractivity contribution in [3.05, 3.63) is 72.9 Å². The number of phosphoric acid groups is 1. The molecule has 0 saturated carbocycles. The summed E-state index contributed by atoms with van der Waals surface area (Å²) in [5, 5.41) is 8.87. The van der Waals surface area contributed by atoms with Gasteiger partial charge in [0.25, 0.3) is 0 Å². The molecule has 1 unspecified atom stereocenters. The molecule has 11 nitrogen and oxygen atoms in total. The molecule has 0 spiro atoms. The lowest BCUT2D eigenvalue weighted by molar-refractivity contribution is -0.161. The predicted octanol–water partition coefficient (Wildman–Crippen LogP) is 10.2. The molecule has 0 fully saturated rings. The number of rotatable bonds is 36. The molecule has 54 heavy (non-hydrogen) atoms. The largest absolute Gasteiger partial charge is 0.480 e. The molecule has 308 valence electrons. The Bertz CT molecular complexity index is 1190. The molecule has 0 aromatic heterocycles. The van der Waals surface area contributed by atoms with Crippen molar-refractivity contribution < 1.29 is 47.5 Å². The van der Waals surface area contributed by atoms with Crippen LogP contribution in [0.3, 0.4) is 0 Å². The van der Waals surface area contributed by atoms with E-state index in [0.717, 1.165) is 64.2 Å². The quantitative estimate of drug-likeness (QED) is 0.0239. The van der Waals surface area contributed by atoms with Crippen LogP contribution in [0.2, 0.25) is 0 Å². The smallest absolute Gasteiger partial charge is 0.472 e. The number of aliphatic carboxylic acids is 1. The molecule has 0 aliphatic rings. The Kier molecular flexibility index (Phi) is 34.8. The van der Waals surface area contributed by atoms with Crippen LogP contribution in [0.15, 0.2) is 72.9 Å². The Labute approximate surface area is 325 Å². The fourth-order valence-electron chi connectivity index (χ4n) is 4.72. The van der Waals surface area contributed by atoms with E-state index in [2.05, 4.69) is 91.3 Å². The first-order valence-electron chi connectivity index (χ1n) is 20.0. The zero-order valence-corrected chi connectivity index (χ0v) is 33.9. The van der Waals surface area contributed by atoms with Gasteiger partial charge < -0.3 is 25.2 Å². The summed E-state index contributed by atoms with van der Waals surface area (Å²) in [6.07, 6.45) is 42.6. The van der Waals surface area contributed by atoms with Crippen LogP contribution in [-0.2, 0) is 37.5 Å². The van der Waals surface area contributed by atoms with Gasteiger partial charge in [-0.15, -0.1) is 0 Å². The Hall–Kier alpha value is -3.08. The molecule has 3 atom stereocenters. The maximum Gasteiger partial charge on any atom is 0.472 e. The molecule has 0 amide bonds. The molecule has 0 radical (unpaired) electrons. The number of ether oxygens (including phenoxy) is 2. The van der Waals surface area contributed by atoms with E-state index < -0.39 is 51.1 Å². The summed E-state index contributed by atoms with van der Waals surface area (Å²) in [6, 6.07) is -1.54. The SMILES string of the molecule is CCCCC/C=C\C/C=C\C/C=C\CCCCC(=O)OC[C@H](COP(=O)(O)OC[C@H](N)C(=O)O)OC(=O)CCCC/C=C\C/C=C\C/C=C\CCCCC. The third-order valence-corrected chi connectivity index (χ3v) is 8.88. The molecule has 0 heterocycles. The summed E-state index contributed by atoms with van der Waals surface area (Å²) >= 11 is 0. The summed E-state index contributed by atoms with van der Waals surface area (Å²) in [4.78, 5) is 45.8. The summed E-state index contributed by atoms with van der Waals surface area (Å²) in [5.41, 5.74) is 5.31. The summed E-state index contributed by atoms with van der Waals surface area (Å²) in [5.74, 6) is -2.49. The number of hydrogen-bond donors (Lipinski definition) is 3. The van der Waals surface area contributed by atoms with Crippen LogP contribution in [0.1, 0.15) is 142 Å². The Balaban J connectivity index is 4.58. The van der Waals surface area contributed by atoms with Crippen LogP contribution >= 0.6 is 7.82 Å². The van der Waals surface area contributed by atoms with E-state index in [9.17, 15) is 23.8 Å². The predicted molar refractivity (Wildman–Crippen MR) is 217 cm³/mol. The monoisotopic (exact) mass is 779 g/mol. The highest BCUT2D eigenvalue weighted by Gasteiger charge is 2.28. The number of carbonyl (C=O) groups is 3. The van der Waals surface area contributed by atoms with Crippen LogP contribution in [0.5, 0.6) is 0 Å². The fourth-order valence-corrected chi connectivity index (χ4v) is 5.50. The lowest BCUT2D eigenvalue weighted by atomic mass is 10.1. The number of hydrogen-bond acceptors (Lipinski definition) is 9. The minimum atomic E-state index is -4.74. The minimum absolute atomic E-state index is 0.100. The van der Waals surface area contributed by atoms with E-state index in [1.165, 1.54) is 38.5 Å². The van der Waals surface area contributed by atoms with Crippen LogP contribution in [0.4, 0.5) is 0 Å². The molecule has 0 saturated heterocycles. The molecule has 4 N–H and O–H groups in total. The number of unbranched alkanes of at least 4 members (excludes halogenated alkanes) is 10. The van der Waals surface area contributed by atoms with Crippen molar-refractivity contribution in [2.75, 3.05) is 19.8 Å². The lowest BCUT2D eigenvalue weighted by Gasteiger charge is -2.20. The zero-order chi connectivity index (χ0) is 40.0.